The van der Waals surface area contributed by atoms with Gasteiger partial charge in [0.25, 0.3) is 10.1 Å². The van der Waals surface area contributed by atoms with Crippen LogP contribution in [0.3, 0.4) is 0 Å². The van der Waals surface area contributed by atoms with Gasteiger partial charge in [-0.05, 0) is 24.2 Å². The van der Waals surface area contributed by atoms with Gasteiger partial charge in [-0.1, -0.05) is 6.92 Å². The molecule has 0 bridgehead atoms. The Bertz CT molecular complexity index is 349. The Morgan fingerprint density at radius 1 is 1.37 bits per heavy atom. The van der Waals surface area contributed by atoms with E-state index in [2.05, 4.69) is 11.6 Å². The van der Waals surface area contributed by atoms with Gasteiger partial charge in [0.2, 0.25) is 0 Å². The van der Waals surface area contributed by atoms with Crippen molar-refractivity contribution in [2.75, 3.05) is 30.2 Å². The molecule has 0 aromatic heterocycles. The molecule has 0 fully saturated rings. The van der Waals surface area contributed by atoms with Crippen molar-refractivity contribution < 1.29 is 30.2 Å². The number of Topliss-reactive ketones (excluding diaryl/α,β-unsaturated/α-hetero) is 1. The molecule has 0 aliphatic rings. The Labute approximate surface area is 125 Å². The maximum absolute atomic E-state index is 11.3. The van der Waals surface area contributed by atoms with Crippen LogP contribution in [0.4, 0.5) is 0 Å². The molecule has 0 saturated carbocycles. The maximum Gasteiger partial charge on any atom is 0.278 e. The molecule has 116 valence electrons. The van der Waals surface area contributed by atoms with Crippen LogP contribution in [0, 0.1) is 5.92 Å². The zero-order chi connectivity index (χ0) is 14.2. The van der Waals surface area contributed by atoms with E-state index < -0.39 is 16.0 Å². The Morgan fingerprint density at radius 2 is 1.95 bits per heavy atom. The lowest BCUT2D eigenvalue weighted by Crippen LogP contribution is -3.00. The van der Waals surface area contributed by atoms with E-state index in [-0.39, 0.29) is 35.0 Å². The van der Waals surface area contributed by atoms with E-state index in [0.717, 1.165) is 24.3 Å². The van der Waals surface area contributed by atoms with Crippen molar-refractivity contribution in [3.8, 4) is 0 Å². The molecule has 0 radical (unpaired) electrons. The summed E-state index contributed by atoms with van der Waals surface area (Å²) in [7, 11) is -3.74. The van der Waals surface area contributed by atoms with Crippen LogP contribution in [0.5, 0.6) is 0 Å². The zero-order valence-corrected chi connectivity index (χ0v) is 14.1. The minimum absolute atomic E-state index is 0. The Balaban J connectivity index is 0. The highest BCUT2D eigenvalue weighted by Crippen LogP contribution is 2.11. The molecule has 1 unspecified atom stereocenters. The van der Waals surface area contributed by atoms with Crippen LogP contribution in [-0.2, 0) is 25.8 Å². The minimum atomic E-state index is -3.92. The smallest absolute Gasteiger partial charge is 0.278 e. The highest BCUT2D eigenvalue weighted by molar-refractivity contribution is 7.96. The van der Waals surface area contributed by atoms with E-state index in [1.165, 1.54) is 0 Å². The summed E-state index contributed by atoms with van der Waals surface area (Å²) < 4.78 is 29.5. The molecule has 0 aliphatic carbocycles. The van der Waals surface area contributed by atoms with Gasteiger partial charge in [0.1, 0.15) is 23.2 Å². The van der Waals surface area contributed by atoms with Crippen LogP contribution >= 0.6 is 0 Å². The van der Waals surface area contributed by atoms with E-state index in [9.17, 15) is 13.2 Å². The second-order valence-corrected chi connectivity index (χ2v) is 8.25. The second-order valence-electron chi connectivity index (χ2n) is 4.42. The van der Waals surface area contributed by atoms with E-state index in [1.54, 1.807) is 6.92 Å². The van der Waals surface area contributed by atoms with Gasteiger partial charge in [0.15, 0.2) is 0 Å². The van der Waals surface area contributed by atoms with Crippen molar-refractivity contribution in [3.63, 3.8) is 0 Å². The highest BCUT2D eigenvalue weighted by atomic mass is 35.5. The molecule has 2 N–H and O–H groups in total. The topological polar surface area (TPSA) is 83.5 Å². The number of nitrogens with one attached hydrogen (secondary N) is 1. The molecule has 0 heterocycles. The van der Waals surface area contributed by atoms with Gasteiger partial charge in [-0.2, -0.15) is 8.42 Å². The first-order valence-electron chi connectivity index (χ1n) is 6.01. The number of ketones is 1. The molecule has 0 rings (SSSR count). The summed E-state index contributed by atoms with van der Waals surface area (Å²) in [5.74, 6) is 1.87. The first-order chi connectivity index (χ1) is 8.26. The van der Waals surface area contributed by atoms with E-state index in [4.69, 9.17) is 4.55 Å². The number of rotatable bonds is 10. The third kappa shape index (κ3) is 12.9. The lowest BCUT2D eigenvalue weighted by molar-refractivity contribution is -0.120. The van der Waals surface area contributed by atoms with Crippen LogP contribution in [0.2, 0.25) is 0 Å². The molecule has 0 aromatic rings. The van der Waals surface area contributed by atoms with Gasteiger partial charge in [-0.25, -0.2) is 0 Å². The summed E-state index contributed by atoms with van der Waals surface area (Å²) in [4.78, 5) is 11.3. The van der Waals surface area contributed by atoms with Gasteiger partial charge >= 0.3 is 0 Å². The second kappa shape index (κ2) is 10.9. The van der Waals surface area contributed by atoms with Gasteiger partial charge < -0.3 is 12.4 Å². The Morgan fingerprint density at radius 3 is 2.37 bits per heavy atom. The third-order valence-electron chi connectivity index (χ3n) is 2.79. The quantitative estimate of drug-likeness (QED) is 0.266. The standard InChI is InChI=1S/C11H23NO4S2.ClH/c1-4-11(10(2)13)5-7-17(3)8-6-12-9-18(14,15)16;/h11-12H,4-9H2,1-3H3;1H/t11-,17?;/m0./s1. The van der Waals surface area contributed by atoms with Crippen LogP contribution in [0.1, 0.15) is 26.7 Å². The largest absolute Gasteiger partial charge is 1.00 e. The molecular weight excluding hydrogens is 310 g/mol. The summed E-state index contributed by atoms with van der Waals surface area (Å²) in [6.45, 7) is 4.22. The number of hydrogen-bond donors (Lipinski definition) is 2. The summed E-state index contributed by atoms with van der Waals surface area (Å²) >= 11 is 0. The van der Waals surface area contributed by atoms with Crippen LogP contribution in [0.15, 0.2) is 0 Å². The van der Waals surface area contributed by atoms with Crippen molar-refractivity contribution in [1.29, 1.82) is 0 Å². The molecule has 0 saturated heterocycles. The van der Waals surface area contributed by atoms with E-state index in [1.807, 2.05) is 6.92 Å². The summed E-state index contributed by atoms with van der Waals surface area (Å²) in [5, 5.41) is 2.68. The van der Waals surface area contributed by atoms with Crippen molar-refractivity contribution in [2.24, 2.45) is 5.92 Å². The van der Waals surface area contributed by atoms with Gasteiger partial charge in [0, 0.05) is 18.9 Å². The molecule has 0 amide bonds. The lowest BCUT2D eigenvalue weighted by atomic mass is 10.00. The Hall–Kier alpha value is 0.180. The summed E-state index contributed by atoms with van der Waals surface area (Å²) in [6, 6.07) is 0. The highest BCUT2D eigenvalue weighted by Gasteiger charge is 2.17. The number of hydrogen-bond acceptors (Lipinski definition) is 4. The predicted octanol–water partition coefficient (Wildman–Crippen LogP) is -2.32. The molecule has 2 atom stereocenters. The number of carbonyl (C=O) groups excluding carboxylic acids is 1. The van der Waals surface area contributed by atoms with Gasteiger partial charge in [0.05, 0.1) is 6.26 Å². The van der Waals surface area contributed by atoms with Gasteiger partial charge in [-0.3, -0.25) is 14.7 Å². The van der Waals surface area contributed by atoms with Crippen LogP contribution in [0.25, 0.3) is 0 Å². The fourth-order valence-electron chi connectivity index (χ4n) is 1.59. The Kier molecular flexibility index (Phi) is 12.3. The fourth-order valence-corrected chi connectivity index (χ4v) is 3.37. The van der Waals surface area contributed by atoms with Crippen LogP contribution < -0.4 is 17.7 Å². The average molecular weight is 334 g/mol. The first-order valence-corrected chi connectivity index (χ1v) is 9.59. The lowest BCUT2D eigenvalue weighted by Gasteiger charge is -2.10. The number of carbonyl (C=O) groups is 1. The van der Waals surface area contributed by atoms with Crippen LogP contribution in [-0.4, -0.2) is 48.9 Å². The molecule has 0 aromatic carbocycles. The normalized spacial score (nSPS) is 14.5. The van der Waals surface area contributed by atoms with Crippen molar-refractivity contribution in [2.45, 2.75) is 26.7 Å². The van der Waals surface area contributed by atoms with E-state index in [0.29, 0.717) is 6.54 Å². The molecule has 5 nitrogen and oxygen atoms in total. The summed E-state index contributed by atoms with van der Waals surface area (Å²) in [6.07, 6.45) is 3.90. The maximum atomic E-state index is 11.3. The molecule has 0 spiro atoms. The molecule has 19 heavy (non-hydrogen) atoms. The van der Waals surface area contributed by atoms with Gasteiger partial charge in [-0.15, -0.1) is 0 Å². The van der Waals surface area contributed by atoms with E-state index >= 15 is 0 Å². The first kappa shape index (κ1) is 21.5. The monoisotopic (exact) mass is 333 g/mol. The third-order valence-corrected chi connectivity index (χ3v) is 5.20. The SMILES string of the molecule is CC[C@@H](CC[S+](C)CCNCS(=O)(=O)O)C(C)=O.[Cl-]. The van der Waals surface area contributed by atoms with Crippen molar-refractivity contribution >= 4 is 26.8 Å². The molecule has 8 heteroatoms. The van der Waals surface area contributed by atoms with Crippen molar-refractivity contribution in [3.05, 3.63) is 0 Å². The van der Waals surface area contributed by atoms with Crippen molar-refractivity contribution in [1.82, 2.24) is 5.32 Å². The average Bonchev–Trinajstić information content (AvgIpc) is 2.23. The molecular formula is C11H24ClNO4S2. The fraction of sp³-hybridized carbons (Fsp3) is 0.909. The summed E-state index contributed by atoms with van der Waals surface area (Å²) in [5.41, 5.74) is 0. The minimum Gasteiger partial charge on any atom is -1.00 e. The number of halogens is 1. The zero-order valence-electron chi connectivity index (χ0n) is 11.7. The predicted molar refractivity (Wildman–Crippen MR) is 76.5 cm³/mol. The molecule has 0 aliphatic heterocycles.